The van der Waals surface area contributed by atoms with Crippen LogP contribution in [0.25, 0.3) is 0 Å². The van der Waals surface area contributed by atoms with Crippen LogP contribution in [0, 0.1) is 6.92 Å². The third-order valence-corrected chi connectivity index (χ3v) is 4.80. The summed E-state index contributed by atoms with van der Waals surface area (Å²) < 4.78 is 5.51. The van der Waals surface area contributed by atoms with E-state index in [4.69, 9.17) is 16.3 Å². The maximum atomic E-state index is 12.6. The SMILES string of the molecule is Cc1ccccc1C(=O)N1CCN(C(=O)COc2ccccc2Cl)CC1. The van der Waals surface area contributed by atoms with Gasteiger partial charge in [0, 0.05) is 31.7 Å². The molecule has 1 heterocycles. The minimum Gasteiger partial charge on any atom is -0.482 e. The summed E-state index contributed by atoms with van der Waals surface area (Å²) in [6.45, 7) is 3.91. The minimum atomic E-state index is -0.104. The summed E-state index contributed by atoms with van der Waals surface area (Å²) in [6, 6.07) is 14.6. The summed E-state index contributed by atoms with van der Waals surface area (Å²) in [4.78, 5) is 28.5. The van der Waals surface area contributed by atoms with Crippen LogP contribution in [0.3, 0.4) is 0 Å². The first-order chi connectivity index (χ1) is 12.6. The quantitative estimate of drug-likeness (QED) is 0.829. The molecule has 1 fully saturated rings. The highest BCUT2D eigenvalue weighted by molar-refractivity contribution is 6.32. The minimum absolute atomic E-state index is 0.0162. The number of nitrogens with zero attached hydrogens (tertiary/aromatic N) is 2. The first kappa shape index (κ1) is 18.3. The van der Waals surface area contributed by atoms with Crippen molar-refractivity contribution in [1.29, 1.82) is 0 Å². The number of amides is 2. The van der Waals surface area contributed by atoms with Crippen LogP contribution in [0.5, 0.6) is 5.75 Å². The number of carbonyl (C=O) groups excluding carboxylic acids is 2. The predicted octanol–water partition coefficient (Wildman–Crippen LogP) is 3.01. The molecule has 2 aromatic carbocycles. The van der Waals surface area contributed by atoms with Gasteiger partial charge in [0.05, 0.1) is 5.02 Å². The summed E-state index contributed by atoms with van der Waals surface area (Å²) >= 11 is 6.02. The average molecular weight is 373 g/mol. The molecular formula is C20H21ClN2O3. The zero-order valence-electron chi connectivity index (χ0n) is 14.7. The lowest BCUT2D eigenvalue weighted by Crippen LogP contribution is -2.51. The molecule has 2 aromatic rings. The Labute approximate surface area is 158 Å². The number of para-hydroxylation sites is 1. The van der Waals surface area contributed by atoms with E-state index >= 15 is 0 Å². The lowest BCUT2D eigenvalue weighted by atomic mass is 10.1. The van der Waals surface area contributed by atoms with E-state index in [2.05, 4.69) is 0 Å². The first-order valence-corrected chi connectivity index (χ1v) is 8.94. The summed E-state index contributed by atoms with van der Waals surface area (Å²) in [5.41, 5.74) is 1.68. The van der Waals surface area contributed by atoms with Gasteiger partial charge in [-0.25, -0.2) is 0 Å². The molecule has 0 N–H and O–H groups in total. The van der Waals surface area contributed by atoms with E-state index in [0.29, 0.717) is 42.5 Å². The van der Waals surface area contributed by atoms with Gasteiger partial charge in [-0.3, -0.25) is 9.59 Å². The maximum Gasteiger partial charge on any atom is 0.260 e. The van der Waals surface area contributed by atoms with Crippen molar-refractivity contribution in [3.63, 3.8) is 0 Å². The van der Waals surface area contributed by atoms with E-state index in [1.165, 1.54) is 0 Å². The van der Waals surface area contributed by atoms with Crippen LogP contribution in [-0.4, -0.2) is 54.4 Å². The fourth-order valence-corrected chi connectivity index (χ4v) is 3.12. The number of benzene rings is 2. The number of hydrogen-bond donors (Lipinski definition) is 0. The van der Waals surface area contributed by atoms with Crippen molar-refractivity contribution in [3.8, 4) is 5.75 Å². The van der Waals surface area contributed by atoms with Gasteiger partial charge in [-0.05, 0) is 30.7 Å². The second kappa shape index (κ2) is 8.23. The Morgan fingerprint density at radius 1 is 0.962 bits per heavy atom. The van der Waals surface area contributed by atoms with Crippen molar-refractivity contribution in [2.75, 3.05) is 32.8 Å². The number of hydrogen-bond acceptors (Lipinski definition) is 3. The summed E-state index contributed by atoms with van der Waals surface area (Å²) in [5, 5.41) is 0.481. The highest BCUT2D eigenvalue weighted by Gasteiger charge is 2.25. The summed E-state index contributed by atoms with van der Waals surface area (Å²) in [5.74, 6) is 0.409. The zero-order chi connectivity index (χ0) is 18.5. The fraction of sp³-hybridized carbons (Fsp3) is 0.300. The number of piperazine rings is 1. The molecular weight excluding hydrogens is 352 g/mol. The maximum absolute atomic E-state index is 12.6. The molecule has 0 saturated carbocycles. The van der Waals surface area contributed by atoms with Crippen molar-refractivity contribution < 1.29 is 14.3 Å². The number of ether oxygens (including phenoxy) is 1. The fourth-order valence-electron chi connectivity index (χ4n) is 2.93. The third-order valence-electron chi connectivity index (χ3n) is 4.48. The van der Waals surface area contributed by atoms with Crippen molar-refractivity contribution in [2.24, 2.45) is 0 Å². The molecule has 136 valence electrons. The van der Waals surface area contributed by atoms with Gasteiger partial charge in [0.2, 0.25) is 0 Å². The van der Waals surface area contributed by atoms with E-state index in [0.717, 1.165) is 5.56 Å². The van der Waals surface area contributed by atoms with Gasteiger partial charge in [-0.1, -0.05) is 41.9 Å². The molecule has 26 heavy (non-hydrogen) atoms. The second-order valence-electron chi connectivity index (χ2n) is 6.21. The standard InChI is InChI=1S/C20H21ClN2O3/c1-15-6-2-3-7-16(15)20(25)23-12-10-22(11-13-23)19(24)14-26-18-9-5-4-8-17(18)21/h2-9H,10-14H2,1H3. The van der Waals surface area contributed by atoms with Crippen molar-refractivity contribution in [2.45, 2.75) is 6.92 Å². The molecule has 0 radical (unpaired) electrons. The molecule has 6 heteroatoms. The van der Waals surface area contributed by atoms with Gasteiger partial charge in [0.15, 0.2) is 6.61 Å². The lowest BCUT2D eigenvalue weighted by Gasteiger charge is -2.35. The molecule has 3 rings (SSSR count). The molecule has 0 spiro atoms. The third kappa shape index (κ3) is 4.17. The van der Waals surface area contributed by atoms with Crippen LogP contribution in [0.1, 0.15) is 15.9 Å². The van der Waals surface area contributed by atoms with E-state index in [1.54, 1.807) is 21.9 Å². The molecule has 0 unspecified atom stereocenters. The molecule has 1 aliphatic heterocycles. The largest absolute Gasteiger partial charge is 0.482 e. The highest BCUT2D eigenvalue weighted by atomic mass is 35.5. The second-order valence-corrected chi connectivity index (χ2v) is 6.61. The van der Waals surface area contributed by atoms with Crippen LogP contribution in [0.2, 0.25) is 5.02 Å². The Bertz CT molecular complexity index is 801. The van der Waals surface area contributed by atoms with Gasteiger partial charge in [0.1, 0.15) is 5.75 Å². The smallest absolute Gasteiger partial charge is 0.260 e. The van der Waals surface area contributed by atoms with E-state index in [9.17, 15) is 9.59 Å². The predicted molar refractivity (Wildman–Crippen MR) is 101 cm³/mol. The van der Waals surface area contributed by atoms with Crippen LogP contribution in [0.4, 0.5) is 0 Å². The summed E-state index contributed by atoms with van der Waals surface area (Å²) in [6.07, 6.45) is 0. The molecule has 1 saturated heterocycles. The average Bonchev–Trinajstić information content (AvgIpc) is 2.67. The van der Waals surface area contributed by atoms with Gasteiger partial charge >= 0.3 is 0 Å². The van der Waals surface area contributed by atoms with Gasteiger partial charge < -0.3 is 14.5 Å². The van der Waals surface area contributed by atoms with Gasteiger partial charge in [-0.15, -0.1) is 0 Å². The number of carbonyl (C=O) groups is 2. The molecule has 2 amide bonds. The van der Waals surface area contributed by atoms with Crippen LogP contribution in [0.15, 0.2) is 48.5 Å². The molecule has 0 bridgehead atoms. The normalized spacial score (nSPS) is 14.2. The van der Waals surface area contributed by atoms with Crippen LogP contribution in [-0.2, 0) is 4.79 Å². The zero-order valence-corrected chi connectivity index (χ0v) is 15.4. The van der Waals surface area contributed by atoms with Crippen molar-refractivity contribution in [1.82, 2.24) is 9.80 Å². The molecule has 0 aliphatic carbocycles. The van der Waals surface area contributed by atoms with Crippen LogP contribution >= 0.6 is 11.6 Å². The lowest BCUT2D eigenvalue weighted by molar-refractivity contribution is -0.134. The molecule has 5 nitrogen and oxygen atoms in total. The Morgan fingerprint density at radius 3 is 2.27 bits per heavy atom. The van der Waals surface area contributed by atoms with Gasteiger partial charge in [0.25, 0.3) is 11.8 Å². The Balaban J connectivity index is 1.52. The molecule has 1 aliphatic rings. The van der Waals surface area contributed by atoms with Crippen LogP contribution < -0.4 is 4.74 Å². The van der Waals surface area contributed by atoms with Crippen molar-refractivity contribution in [3.05, 3.63) is 64.7 Å². The summed E-state index contributed by atoms with van der Waals surface area (Å²) in [7, 11) is 0. The molecule has 0 atom stereocenters. The highest BCUT2D eigenvalue weighted by Crippen LogP contribution is 2.23. The number of halogens is 1. The van der Waals surface area contributed by atoms with E-state index in [-0.39, 0.29) is 18.4 Å². The van der Waals surface area contributed by atoms with E-state index < -0.39 is 0 Å². The first-order valence-electron chi connectivity index (χ1n) is 8.56. The topological polar surface area (TPSA) is 49.9 Å². The Morgan fingerprint density at radius 2 is 1.58 bits per heavy atom. The monoisotopic (exact) mass is 372 g/mol. The van der Waals surface area contributed by atoms with Gasteiger partial charge in [-0.2, -0.15) is 0 Å². The Kier molecular flexibility index (Phi) is 5.78. The number of rotatable bonds is 4. The van der Waals surface area contributed by atoms with Crippen molar-refractivity contribution >= 4 is 23.4 Å². The number of aryl methyl sites for hydroxylation is 1. The molecule has 0 aromatic heterocycles. The van der Waals surface area contributed by atoms with E-state index in [1.807, 2.05) is 43.3 Å². The Hall–Kier alpha value is -2.53.